The second-order valence-electron chi connectivity index (χ2n) is 8.91. The lowest BCUT2D eigenvalue weighted by atomic mass is 9.98. The zero-order valence-corrected chi connectivity index (χ0v) is 23.5. The number of nitrogens with one attached hydrogen (secondary N) is 2. The normalized spacial score (nSPS) is 10.9. The van der Waals surface area contributed by atoms with Gasteiger partial charge in [-0.2, -0.15) is 5.26 Å². The molecule has 0 saturated heterocycles. The lowest BCUT2D eigenvalue weighted by Gasteiger charge is -2.13. The molecular formula is C30H26N4O4S2. The fourth-order valence-electron chi connectivity index (χ4n) is 3.88. The van der Waals surface area contributed by atoms with Gasteiger partial charge in [0, 0.05) is 35.9 Å². The van der Waals surface area contributed by atoms with Crippen LogP contribution >= 0.6 is 11.8 Å². The van der Waals surface area contributed by atoms with Crippen LogP contribution in [0.15, 0.2) is 94.9 Å². The second-order valence-corrected chi connectivity index (χ2v) is 11.7. The third kappa shape index (κ3) is 7.14. The standard InChI is InChI=1S/C30H26N4O4S2/c1-20-8-10-22(11-9-20)26-18-28(23-6-4-3-5-7-23)33-30(27(26)19-31)39-17-16-29(36)32-24-12-14-25(15-13-24)40(37,38)34-21(2)35/h3-15,18H,16-17H2,1-2H3,(H,32,36)(H,34,35). The van der Waals surface area contributed by atoms with E-state index in [2.05, 4.69) is 11.4 Å². The van der Waals surface area contributed by atoms with Crippen molar-refractivity contribution in [3.63, 3.8) is 0 Å². The summed E-state index contributed by atoms with van der Waals surface area (Å²) in [5.41, 5.74) is 5.32. The highest BCUT2D eigenvalue weighted by atomic mass is 32.2. The zero-order chi connectivity index (χ0) is 28.7. The number of hydrogen-bond acceptors (Lipinski definition) is 7. The summed E-state index contributed by atoms with van der Waals surface area (Å²) in [6, 6.07) is 27.4. The van der Waals surface area contributed by atoms with E-state index in [1.165, 1.54) is 36.0 Å². The number of nitriles is 1. The fraction of sp³-hybridized carbons (Fsp3) is 0.133. The minimum absolute atomic E-state index is 0.0889. The van der Waals surface area contributed by atoms with E-state index in [1.807, 2.05) is 72.3 Å². The number of pyridine rings is 1. The molecule has 1 heterocycles. The molecule has 0 aliphatic rings. The van der Waals surface area contributed by atoms with E-state index in [0.717, 1.165) is 34.9 Å². The summed E-state index contributed by atoms with van der Waals surface area (Å²) in [6.45, 7) is 3.12. The molecule has 0 spiro atoms. The van der Waals surface area contributed by atoms with Crippen molar-refractivity contribution in [2.24, 2.45) is 0 Å². The lowest BCUT2D eigenvalue weighted by molar-refractivity contribution is -0.117. The number of hydrogen-bond donors (Lipinski definition) is 2. The van der Waals surface area contributed by atoms with Crippen LogP contribution in [0.5, 0.6) is 0 Å². The predicted molar refractivity (Wildman–Crippen MR) is 156 cm³/mol. The number of sulfonamides is 1. The number of benzene rings is 3. The van der Waals surface area contributed by atoms with Crippen molar-refractivity contribution < 1.29 is 18.0 Å². The number of rotatable bonds is 9. The zero-order valence-electron chi connectivity index (χ0n) is 21.8. The van der Waals surface area contributed by atoms with Crippen molar-refractivity contribution in [3.05, 3.63) is 96.1 Å². The second kappa shape index (κ2) is 12.6. The molecule has 10 heteroatoms. The molecule has 3 aromatic carbocycles. The topological polar surface area (TPSA) is 129 Å². The van der Waals surface area contributed by atoms with E-state index in [9.17, 15) is 23.3 Å². The third-order valence-corrected chi connectivity index (χ3v) is 8.25. The molecule has 2 amide bonds. The van der Waals surface area contributed by atoms with Crippen molar-refractivity contribution in [2.75, 3.05) is 11.1 Å². The summed E-state index contributed by atoms with van der Waals surface area (Å²) in [5.74, 6) is -0.598. The minimum atomic E-state index is -3.95. The van der Waals surface area contributed by atoms with Gasteiger partial charge in [0.2, 0.25) is 11.8 Å². The monoisotopic (exact) mass is 570 g/mol. The highest BCUT2D eigenvalue weighted by Gasteiger charge is 2.17. The first-order chi connectivity index (χ1) is 19.2. The van der Waals surface area contributed by atoms with Crippen molar-refractivity contribution in [1.82, 2.24) is 9.71 Å². The van der Waals surface area contributed by atoms with Crippen LogP contribution in [0.3, 0.4) is 0 Å². The molecule has 4 aromatic rings. The Morgan fingerprint density at radius 3 is 2.25 bits per heavy atom. The first-order valence-corrected chi connectivity index (χ1v) is 14.8. The summed E-state index contributed by atoms with van der Waals surface area (Å²) >= 11 is 1.33. The van der Waals surface area contributed by atoms with Crippen molar-refractivity contribution >= 4 is 39.3 Å². The summed E-state index contributed by atoms with van der Waals surface area (Å²) < 4.78 is 26.1. The van der Waals surface area contributed by atoms with Gasteiger partial charge in [-0.25, -0.2) is 18.1 Å². The maximum atomic E-state index is 12.6. The first-order valence-electron chi connectivity index (χ1n) is 12.3. The van der Waals surface area contributed by atoms with Crippen LogP contribution in [0.4, 0.5) is 5.69 Å². The van der Waals surface area contributed by atoms with Gasteiger partial charge in [0.1, 0.15) is 11.1 Å². The van der Waals surface area contributed by atoms with E-state index in [-0.39, 0.29) is 17.2 Å². The molecule has 202 valence electrons. The Kier molecular flexibility index (Phi) is 8.99. The predicted octanol–water partition coefficient (Wildman–Crippen LogP) is 5.54. The molecular weight excluding hydrogens is 544 g/mol. The van der Waals surface area contributed by atoms with Crippen molar-refractivity contribution in [2.45, 2.75) is 30.2 Å². The highest BCUT2D eigenvalue weighted by molar-refractivity contribution is 7.99. The Bertz CT molecular complexity index is 1680. The van der Waals surface area contributed by atoms with Crippen LogP contribution < -0.4 is 10.0 Å². The summed E-state index contributed by atoms with van der Waals surface area (Å²) in [7, 11) is -3.95. The minimum Gasteiger partial charge on any atom is -0.326 e. The molecule has 0 fully saturated rings. The number of thioether (sulfide) groups is 1. The highest BCUT2D eigenvalue weighted by Crippen LogP contribution is 2.34. The Labute approximate surface area is 237 Å². The number of aryl methyl sites for hydroxylation is 1. The van der Waals surface area contributed by atoms with E-state index >= 15 is 0 Å². The van der Waals surface area contributed by atoms with Gasteiger partial charge >= 0.3 is 0 Å². The van der Waals surface area contributed by atoms with Crippen LogP contribution in [0.1, 0.15) is 24.5 Å². The molecule has 1 aromatic heterocycles. The number of nitrogens with zero attached hydrogens (tertiary/aromatic N) is 2. The third-order valence-electron chi connectivity index (χ3n) is 5.82. The SMILES string of the molecule is CC(=O)NS(=O)(=O)c1ccc(NC(=O)CCSc2nc(-c3ccccc3)cc(-c3ccc(C)cc3)c2C#N)cc1. The lowest BCUT2D eigenvalue weighted by Crippen LogP contribution is -2.28. The number of aromatic nitrogens is 1. The van der Waals surface area contributed by atoms with E-state index in [0.29, 0.717) is 22.0 Å². The van der Waals surface area contributed by atoms with Crippen LogP contribution in [0, 0.1) is 18.3 Å². The molecule has 0 aliphatic heterocycles. The fourth-order valence-corrected chi connectivity index (χ4v) is 5.82. The maximum Gasteiger partial charge on any atom is 0.264 e. The largest absolute Gasteiger partial charge is 0.326 e. The Morgan fingerprint density at radius 2 is 1.62 bits per heavy atom. The van der Waals surface area contributed by atoms with Gasteiger partial charge in [0.05, 0.1) is 16.2 Å². The number of anilines is 1. The number of carbonyl (C=O) groups excluding carboxylic acids is 2. The smallest absolute Gasteiger partial charge is 0.264 e. The van der Waals surface area contributed by atoms with Gasteiger partial charge in [-0.15, -0.1) is 11.8 Å². The molecule has 2 N–H and O–H groups in total. The van der Waals surface area contributed by atoms with E-state index in [4.69, 9.17) is 4.98 Å². The molecule has 0 atom stereocenters. The Morgan fingerprint density at radius 1 is 0.950 bits per heavy atom. The molecule has 0 aliphatic carbocycles. The van der Waals surface area contributed by atoms with E-state index < -0.39 is 15.9 Å². The van der Waals surface area contributed by atoms with Gasteiger partial charge in [0.15, 0.2) is 0 Å². The molecule has 40 heavy (non-hydrogen) atoms. The molecule has 0 radical (unpaired) electrons. The van der Waals surface area contributed by atoms with Gasteiger partial charge in [-0.05, 0) is 42.8 Å². The number of amides is 2. The average Bonchev–Trinajstić information content (AvgIpc) is 2.93. The summed E-state index contributed by atoms with van der Waals surface area (Å²) in [4.78, 5) is 28.4. The van der Waals surface area contributed by atoms with Crippen molar-refractivity contribution in [1.29, 1.82) is 5.26 Å². The van der Waals surface area contributed by atoms with Gasteiger partial charge in [-0.1, -0.05) is 60.2 Å². The van der Waals surface area contributed by atoms with Gasteiger partial charge in [0.25, 0.3) is 10.0 Å². The molecule has 8 nitrogen and oxygen atoms in total. The molecule has 0 bridgehead atoms. The van der Waals surface area contributed by atoms with Crippen LogP contribution in [0.2, 0.25) is 0 Å². The van der Waals surface area contributed by atoms with Crippen LogP contribution in [-0.4, -0.2) is 31.0 Å². The number of carbonyl (C=O) groups is 2. The average molecular weight is 571 g/mol. The van der Waals surface area contributed by atoms with Crippen molar-refractivity contribution in [3.8, 4) is 28.5 Å². The van der Waals surface area contributed by atoms with Crippen LogP contribution in [-0.2, 0) is 19.6 Å². The summed E-state index contributed by atoms with van der Waals surface area (Å²) in [5, 5.41) is 13.3. The Balaban J connectivity index is 1.50. The van der Waals surface area contributed by atoms with Crippen LogP contribution in [0.25, 0.3) is 22.4 Å². The van der Waals surface area contributed by atoms with Gasteiger partial charge < -0.3 is 5.32 Å². The molecule has 0 saturated carbocycles. The molecule has 4 rings (SSSR count). The quantitative estimate of drug-likeness (QED) is 0.253. The Hall–Kier alpha value is -4.46. The first kappa shape index (κ1) is 28.5. The van der Waals surface area contributed by atoms with E-state index in [1.54, 1.807) is 0 Å². The molecule has 0 unspecified atom stereocenters. The van der Waals surface area contributed by atoms with Gasteiger partial charge in [-0.3, -0.25) is 9.59 Å². The maximum absolute atomic E-state index is 12.6. The summed E-state index contributed by atoms with van der Waals surface area (Å²) in [6.07, 6.45) is 0.137.